The Morgan fingerprint density at radius 3 is 2.72 bits per heavy atom. The minimum absolute atomic E-state index is 0.163. The van der Waals surface area contributed by atoms with Crippen LogP contribution in [0.5, 0.6) is 0 Å². The van der Waals surface area contributed by atoms with Crippen molar-refractivity contribution in [2.24, 2.45) is 0 Å². The second kappa shape index (κ2) is 9.71. The Morgan fingerprint density at radius 2 is 1.91 bits per heavy atom. The number of nitrogens with one attached hydrogen (secondary N) is 1. The quantitative estimate of drug-likeness (QED) is 0.602. The Morgan fingerprint density at radius 1 is 1.00 bits per heavy atom. The monoisotopic (exact) mass is 433 g/mol. The predicted octanol–water partition coefficient (Wildman–Crippen LogP) is 5.13. The summed E-state index contributed by atoms with van der Waals surface area (Å²) in [6, 6.07) is 12.9. The van der Waals surface area contributed by atoms with Crippen molar-refractivity contribution in [3.05, 3.63) is 66.5 Å². The summed E-state index contributed by atoms with van der Waals surface area (Å²) in [5.41, 5.74) is 2.42. The van der Waals surface area contributed by atoms with E-state index < -0.39 is 0 Å². The number of halogens is 1. The SMILES string of the molecule is Fc1cccc(Nc2cc(-c3cccnc3)nc([C@H]3CCCCN3C3CCOCC3)n2)c1. The molecular formula is C25H28FN5O. The van der Waals surface area contributed by atoms with E-state index in [0.29, 0.717) is 17.5 Å². The summed E-state index contributed by atoms with van der Waals surface area (Å²) in [5.74, 6) is 1.20. The minimum Gasteiger partial charge on any atom is -0.381 e. The molecule has 5 rings (SSSR count). The molecular weight excluding hydrogens is 405 g/mol. The normalized spacial score (nSPS) is 20.2. The van der Waals surface area contributed by atoms with Crippen molar-refractivity contribution in [1.82, 2.24) is 19.9 Å². The van der Waals surface area contributed by atoms with Crippen LogP contribution in [0, 0.1) is 5.82 Å². The third-order valence-corrected chi connectivity index (χ3v) is 6.30. The van der Waals surface area contributed by atoms with Gasteiger partial charge in [-0.1, -0.05) is 12.5 Å². The maximum Gasteiger partial charge on any atom is 0.148 e. The van der Waals surface area contributed by atoms with Crippen LogP contribution in [-0.2, 0) is 4.74 Å². The molecule has 2 aliphatic rings. The zero-order valence-corrected chi connectivity index (χ0v) is 18.1. The first-order chi connectivity index (χ1) is 15.8. The first-order valence-corrected chi connectivity index (χ1v) is 11.4. The van der Waals surface area contributed by atoms with Crippen LogP contribution in [0.15, 0.2) is 54.9 Å². The average Bonchev–Trinajstić information content (AvgIpc) is 2.85. The molecule has 7 heteroatoms. The lowest BCUT2D eigenvalue weighted by atomic mass is 9.95. The minimum atomic E-state index is -0.283. The second-order valence-electron chi connectivity index (χ2n) is 8.47. The van der Waals surface area contributed by atoms with Gasteiger partial charge in [-0.05, 0) is 62.6 Å². The Hall–Kier alpha value is -2.90. The highest BCUT2D eigenvalue weighted by atomic mass is 19.1. The highest BCUT2D eigenvalue weighted by Gasteiger charge is 2.33. The summed E-state index contributed by atoms with van der Waals surface area (Å²) >= 11 is 0. The highest BCUT2D eigenvalue weighted by Crippen LogP contribution is 2.35. The summed E-state index contributed by atoms with van der Waals surface area (Å²) in [6.07, 6.45) is 9.07. The van der Waals surface area contributed by atoms with E-state index in [1.54, 1.807) is 12.3 Å². The lowest BCUT2D eigenvalue weighted by molar-refractivity contribution is 0.00218. The topological polar surface area (TPSA) is 63.2 Å². The number of hydrogen-bond acceptors (Lipinski definition) is 6. The summed E-state index contributed by atoms with van der Waals surface area (Å²) < 4.78 is 19.3. The molecule has 2 aromatic heterocycles. The van der Waals surface area contributed by atoms with Gasteiger partial charge >= 0.3 is 0 Å². The molecule has 4 heterocycles. The van der Waals surface area contributed by atoms with Crippen molar-refractivity contribution in [2.75, 3.05) is 25.1 Å². The van der Waals surface area contributed by atoms with E-state index >= 15 is 0 Å². The molecule has 1 atom stereocenters. The van der Waals surface area contributed by atoms with E-state index in [1.165, 1.54) is 18.6 Å². The first kappa shape index (κ1) is 21.0. The molecule has 0 saturated carbocycles. The van der Waals surface area contributed by atoms with Gasteiger partial charge in [0.05, 0.1) is 11.7 Å². The van der Waals surface area contributed by atoms with Crippen LogP contribution in [0.25, 0.3) is 11.3 Å². The van der Waals surface area contributed by atoms with Gasteiger partial charge in [0.15, 0.2) is 0 Å². The van der Waals surface area contributed by atoms with Crippen LogP contribution in [0.2, 0.25) is 0 Å². The molecule has 166 valence electrons. The van der Waals surface area contributed by atoms with E-state index in [2.05, 4.69) is 15.2 Å². The third-order valence-electron chi connectivity index (χ3n) is 6.30. The van der Waals surface area contributed by atoms with Gasteiger partial charge in [-0.15, -0.1) is 0 Å². The average molecular weight is 434 g/mol. The molecule has 0 unspecified atom stereocenters. The molecule has 1 N–H and O–H groups in total. The Bertz CT molecular complexity index is 1040. The standard InChI is InChI=1S/C25H28FN5O/c26-19-6-3-7-20(15-19)28-24-16-22(18-5-4-11-27-17-18)29-25(30-24)23-8-1-2-12-31(23)21-9-13-32-14-10-21/h3-7,11,15-17,21,23H,1-2,8-10,12-14H2,(H,28,29,30)/t23-/m1/s1. The number of hydrogen-bond donors (Lipinski definition) is 1. The number of benzene rings is 1. The fourth-order valence-electron chi connectivity index (χ4n) is 4.74. The summed E-state index contributed by atoms with van der Waals surface area (Å²) in [6.45, 7) is 2.69. The van der Waals surface area contributed by atoms with Crippen molar-refractivity contribution in [1.29, 1.82) is 0 Å². The number of anilines is 2. The largest absolute Gasteiger partial charge is 0.381 e. The number of piperidine rings is 1. The van der Waals surface area contributed by atoms with Crippen LogP contribution in [0.1, 0.15) is 44.0 Å². The summed E-state index contributed by atoms with van der Waals surface area (Å²) in [5, 5.41) is 3.28. The fraction of sp³-hybridized carbons (Fsp3) is 0.400. The van der Waals surface area contributed by atoms with Gasteiger partial charge < -0.3 is 10.1 Å². The molecule has 32 heavy (non-hydrogen) atoms. The van der Waals surface area contributed by atoms with Crippen molar-refractivity contribution < 1.29 is 9.13 Å². The maximum atomic E-state index is 13.7. The molecule has 0 radical (unpaired) electrons. The molecule has 1 aromatic carbocycles. The van der Waals surface area contributed by atoms with Crippen LogP contribution in [-0.4, -0.2) is 45.7 Å². The van der Waals surface area contributed by atoms with Gasteiger partial charge in [0, 0.05) is 49.0 Å². The molecule has 2 aliphatic heterocycles. The Labute approximate surface area is 187 Å². The number of likely N-dealkylation sites (tertiary alicyclic amines) is 1. The van der Waals surface area contributed by atoms with Crippen molar-refractivity contribution >= 4 is 11.5 Å². The molecule has 3 aromatic rings. The fourth-order valence-corrected chi connectivity index (χ4v) is 4.74. The Balaban J connectivity index is 1.52. The highest BCUT2D eigenvalue weighted by molar-refractivity contribution is 5.65. The molecule has 2 fully saturated rings. The lowest BCUT2D eigenvalue weighted by Gasteiger charge is -2.42. The van der Waals surface area contributed by atoms with Gasteiger partial charge in [0.25, 0.3) is 0 Å². The van der Waals surface area contributed by atoms with Gasteiger partial charge in [-0.25, -0.2) is 14.4 Å². The van der Waals surface area contributed by atoms with Gasteiger partial charge in [0.2, 0.25) is 0 Å². The van der Waals surface area contributed by atoms with Crippen LogP contribution in [0.4, 0.5) is 15.9 Å². The summed E-state index contributed by atoms with van der Waals surface area (Å²) in [4.78, 5) is 16.8. The molecule has 6 nitrogen and oxygen atoms in total. The zero-order chi connectivity index (χ0) is 21.8. The van der Waals surface area contributed by atoms with E-state index in [-0.39, 0.29) is 11.9 Å². The van der Waals surface area contributed by atoms with E-state index in [4.69, 9.17) is 14.7 Å². The van der Waals surface area contributed by atoms with Crippen LogP contribution in [0.3, 0.4) is 0 Å². The van der Waals surface area contributed by atoms with E-state index in [9.17, 15) is 4.39 Å². The molecule has 0 bridgehead atoms. The van der Waals surface area contributed by atoms with E-state index in [1.807, 2.05) is 30.5 Å². The lowest BCUT2D eigenvalue weighted by Crippen LogP contribution is -2.44. The van der Waals surface area contributed by atoms with Gasteiger partial charge in [-0.3, -0.25) is 9.88 Å². The number of rotatable bonds is 5. The van der Waals surface area contributed by atoms with Crippen LogP contribution >= 0.6 is 0 Å². The van der Waals surface area contributed by atoms with E-state index in [0.717, 1.165) is 62.5 Å². The second-order valence-corrected chi connectivity index (χ2v) is 8.47. The van der Waals surface area contributed by atoms with Crippen molar-refractivity contribution in [3.63, 3.8) is 0 Å². The smallest absolute Gasteiger partial charge is 0.148 e. The van der Waals surface area contributed by atoms with Gasteiger partial charge in [-0.2, -0.15) is 0 Å². The molecule has 2 saturated heterocycles. The number of pyridine rings is 1. The maximum absolute atomic E-state index is 13.7. The molecule has 0 spiro atoms. The predicted molar refractivity (Wildman–Crippen MR) is 122 cm³/mol. The van der Waals surface area contributed by atoms with Crippen LogP contribution < -0.4 is 5.32 Å². The zero-order valence-electron chi connectivity index (χ0n) is 18.1. The number of aromatic nitrogens is 3. The third kappa shape index (κ3) is 4.79. The number of ether oxygens (including phenoxy) is 1. The number of nitrogens with zero attached hydrogens (tertiary/aromatic N) is 4. The molecule has 0 aliphatic carbocycles. The van der Waals surface area contributed by atoms with Crippen molar-refractivity contribution in [2.45, 2.75) is 44.2 Å². The Kier molecular flexibility index (Phi) is 6.36. The summed E-state index contributed by atoms with van der Waals surface area (Å²) in [7, 11) is 0. The van der Waals surface area contributed by atoms with Crippen molar-refractivity contribution in [3.8, 4) is 11.3 Å². The first-order valence-electron chi connectivity index (χ1n) is 11.4. The molecule has 0 amide bonds. The van der Waals surface area contributed by atoms with Gasteiger partial charge in [0.1, 0.15) is 17.5 Å².